The molecule has 0 amide bonds. The summed E-state index contributed by atoms with van der Waals surface area (Å²) in [6, 6.07) is 27.2. The van der Waals surface area contributed by atoms with E-state index in [0.29, 0.717) is 6.61 Å². The van der Waals surface area contributed by atoms with Gasteiger partial charge in [-0.2, -0.15) is 4.57 Å². The predicted octanol–water partition coefficient (Wildman–Crippen LogP) is 7.05. The van der Waals surface area contributed by atoms with Crippen molar-refractivity contribution in [3.63, 3.8) is 0 Å². The van der Waals surface area contributed by atoms with Crippen LogP contribution in [-0.4, -0.2) is 13.7 Å². The first kappa shape index (κ1) is 21.8. The Labute approximate surface area is 203 Å². The average Bonchev–Trinajstić information content (AvgIpc) is 3.34. The van der Waals surface area contributed by atoms with E-state index in [2.05, 4.69) is 84.2 Å². The van der Waals surface area contributed by atoms with Crippen LogP contribution in [0.4, 0.5) is 5.69 Å². The van der Waals surface area contributed by atoms with E-state index < -0.39 is 0 Å². The summed E-state index contributed by atoms with van der Waals surface area (Å²) < 4.78 is 9.56. The summed E-state index contributed by atoms with van der Waals surface area (Å²) in [5.41, 5.74) is 3.86. The van der Waals surface area contributed by atoms with Crippen LogP contribution in [0.25, 0.3) is 16.3 Å². The lowest BCUT2D eigenvalue weighted by Crippen LogP contribution is -2.28. The molecule has 1 aliphatic rings. The van der Waals surface area contributed by atoms with Crippen molar-refractivity contribution < 1.29 is 9.30 Å². The molecule has 1 aromatic heterocycles. The van der Waals surface area contributed by atoms with Gasteiger partial charge in [0.2, 0.25) is 5.52 Å². The lowest BCUT2D eigenvalue weighted by molar-refractivity contribution is -0.642. The van der Waals surface area contributed by atoms with E-state index in [1.807, 2.05) is 53.4 Å². The van der Waals surface area contributed by atoms with Crippen molar-refractivity contribution in [1.82, 2.24) is 0 Å². The first-order valence-electron chi connectivity index (χ1n) is 11.2. The number of aryl methyl sites for hydroxylation is 1. The number of thioether (sulfide) groups is 1. The standard InChI is InChI=1S/C28H27N2OS2/c1-29-23-14-6-8-16-25(23)32-27(29)19-21(11-10-18-31-22-12-4-3-5-13-22)20-28-30(2)24-15-7-9-17-26(24)33-28/h3-9,12-17,19-20H,10-11,18H2,1-2H3/q+1. The predicted molar refractivity (Wildman–Crippen MR) is 141 cm³/mol. The molecule has 0 radical (unpaired) electrons. The van der Waals surface area contributed by atoms with Gasteiger partial charge in [-0.05, 0) is 54.8 Å². The summed E-state index contributed by atoms with van der Waals surface area (Å²) in [6.45, 7) is 0.701. The molecule has 5 heteroatoms. The molecule has 2 heterocycles. The second-order valence-corrected chi connectivity index (χ2v) is 10.2. The maximum Gasteiger partial charge on any atom is 0.262 e. The Balaban J connectivity index is 1.40. The molecule has 3 aromatic carbocycles. The van der Waals surface area contributed by atoms with Gasteiger partial charge in [-0.25, -0.2) is 0 Å². The smallest absolute Gasteiger partial charge is 0.262 e. The molecular weight excluding hydrogens is 444 g/mol. The van der Waals surface area contributed by atoms with E-state index in [0.717, 1.165) is 18.6 Å². The van der Waals surface area contributed by atoms with Gasteiger partial charge in [0.25, 0.3) is 5.01 Å². The summed E-state index contributed by atoms with van der Waals surface area (Å²) in [4.78, 5) is 3.60. The summed E-state index contributed by atoms with van der Waals surface area (Å²) in [5.74, 6) is 0.929. The first-order valence-corrected chi connectivity index (χ1v) is 12.8. The van der Waals surface area contributed by atoms with Crippen LogP contribution in [0.5, 0.6) is 5.75 Å². The van der Waals surface area contributed by atoms with Crippen LogP contribution in [0.2, 0.25) is 0 Å². The molecule has 0 bridgehead atoms. The second-order valence-electron chi connectivity index (χ2n) is 8.06. The maximum atomic E-state index is 5.95. The summed E-state index contributed by atoms with van der Waals surface area (Å²) >= 11 is 3.68. The van der Waals surface area contributed by atoms with Gasteiger partial charge in [-0.3, -0.25) is 0 Å². The van der Waals surface area contributed by atoms with Gasteiger partial charge in [0, 0.05) is 24.1 Å². The van der Waals surface area contributed by atoms with E-state index >= 15 is 0 Å². The van der Waals surface area contributed by atoms with Crippen molar-refractivity contribution in [2.24, 2.45) is 7.05 Å². The molecule has 0 spiro atoms. The number of benzene rings is 3. The molecule has 0 aliphatic carbocycles. The number of para-hydroxylation sites is 3. The molecular formula is C28H27N2OS2+. The summed E-state index contributed by atoms with van der Waals surface area (Å²) in [6.07, 6.45) is 6.60. The Morgan fingerprint density at radius 2 is 1.73 bits per heavy atom. The van der Waals surface area contributed by atoms with Crippen molar-refractivity contribution in [3.05, 3.63) is 101 Å². The van der Waals surface area contributed by atoms with Crippen LogP contribution in [0, 0.1) is 0 Å². The molecule has 5 rings (SSSR count). The van der Waals surface area contributed by atoms with Gasteiger partial charge >= 0.3 is 0 Å². The third kappa shape index (κ3) is 4.85. The molecule has 1 aliphatic heterocycles. The van der Waals surface area contributed by atoms with Crippen molar-refractivity contribution in [2.45, 2.75) is 17.7 Å². The molecule has 0 saturated carbocycles. The highest BCUT2D eigenvalue weighted by Crippen LogP contribution is 2.45. The van der Waals surface area contributed by atoms with Crippen LogP contribution < -0.4 is 14.2 Å². The van der Waals surface area contributed by atoms with Crippen LogP contribution in [0.1, 0.15) is 17.8 Å². The van der Waals surface area contributed by atoms with Crippen molar-refractivity contribution >= 4 is 45.1 Å². The highest BCUT2D eigenvalue weighted by atomic mass is 32.2. The SMILES string of the molecule is CN1C(=CC(=Cc2sc3ccccc3[n+]2C)CCCOc2ccccc2)Sc2ccccc21. The number of allylic oxidation sites excluding steroid dienone is 2. The van der Waals surface area contributed by atoms with Gasteiger partial charge in [-0.15, -0.1) is 0 Å². The number of fused-ring (bicyclic) bond motifs is 2. The number of ether oxygens (including phenoxy) is 1. The van der Waals surface area contributed by atoms with E-state index in [1.165, 1.54) is 36.4 Å². The number of anilines is 1. The van der Waals surface area contributed by atoms with Crippen LogP contribution in [0.3, 0.4) is 0 Å². The molecule has 4 aromatic rings. The fourth-order valence-electron chi connectivity index (χ4n) is 3.98. The quantitative estimate of drug-likeness (QED) is 0.212. The fraction of sp³-hybridized carbons (Fsp3) is 0.179. The van der Waals surface area contributed by atoms with Crippen molar-refractivity contribution in [2.75, 3.05) is 18.6 Å². The average molecular weight is 472 g/mol. The third-order valence-corrected chi connectivity index (χ3v) is 8.11. The normalized spacial score (nSPS) is 14.8. The lowest BCUT2D eigenvalue weighted by atomic mass is 10.1. The van der Waals surface area contributed by atoms with Crippen LogP contribution in [-0.2, 0) is 7.05 Å². The zero-order valence-electron chi connectivity index (χ0n) is 18.9. The topological polar surface area (TPSA) is 16.4 Å². The molecule has 3 nitrogen and oxygen atoms in total. The molecule has 0 fully saturated rings. The summed E-state index contributed by atoms with van der Waals surface area (Å²) in [7, 11) is 4.31. The Bertz CT molecular complexity index is 1320. The second kappa shape index (κ2) is 9.86. The third-order valence-electron chi connectivity index (χ3n) is 5.78. The van der Waals surface area contributed by atoms with Crippen molar-refractivity contribution in [3.8, 4) is 5.75 Å². The fourth-order valence-corrected chi connectivity index (χ4v) is 6.23. The number of hydrogen-bond donors (Lipinski definition) is 0. The van der Waals surface area contributed by atoms with Gasteiger partial charge < -0.3 is 9.64 Å². The zero-order chi connectivity index (χ0) is 22.6. The number of hydrogen-bond acceptors (Lipinski definition) is 4. The van der Waals surface area contributed by atoms with E-state index in [1.54, 1.807) is 0 Å². The first-order chi connectivity index (χ1) is 16.2. The minimum absolute atomic E-state index is 0.701. The molecule has 0 atom stereocenters. The van der Waals surface area contributed by atoms with Crippen LogP contribution >= 0.6 is 23.1 Å². The zero-order valence-corrected chi connectivity index (χ0v) is 20.5. The van der Waals surface area contributed by atoms with Gasteiger partial charge in [0.05, 0.1) is 17.3 Å². The number of thiazole rings is 1. The van der Waals surface area contributed by atoms with Gasteiger partial charge in [0.15, 0.2) is 0 Å². The largest absolute Gasteiger partial charge is 0.494 e. The van der Waals surface area contributed by atoms with Gasteiger partial charge in [0.1, 0.15) is 17.5 Å². The van der Waals surface area contributed by atoms with E-state index in [9.17, 15) is 0 Å². The summed E-state index contributed by atoms with van der Waals surface area (Å²) in [5, 5.41) is 2.52. The minimum Gasteiger partial charge on any atom is -0.494 e. The monoisotopic (exact) mass is 471 g/mol. The van der Waals surface area contributed by atoms with E-state index in [-0.39, 0.29) is 0 Å². The Hall–Kier alpha value is -3.02. The van der Waals surface area contributed by atoms with Crippen LogP contribution in [0.15, 0.2) is 100 Å². The molecule has 0 N–H and O–H groups in total. The number of nitrogens with zero attached hydrogens (tertiary/aromatic N) is 2. The molecule has 166 valence electrons. The highest BCUT2D eigenvalue weighted by Gasteiger charge is 2.22. The maximum absolute atomic E-state index is 5.95. The number of aromatic nitrogens is 1. The Morgan fingerprint density at radius 3 is 2.55 bits per heavy atom. The minimum atomic E-state index is 0.701. The number of rotatable bonds is 7. The van der Waals surface area contributed by atoms with E-state index in [4.69, 9.17) is 4.74 Å². The molecule has 33 heavy (non-hydrogen) atoms. The van der Waals surface area contributed by atoms with Crippen molar-refractivity contribution in [1.29, 1.82) is 0 Å². The molecule has 0 saturated heterocycles. The highest BCUT2D eigenvalue weighted by molar-refractivity contribution is 8.03. The molecule has 0 unspecified atom stereocenters. The Morgan fingerprint density at radius 1 is 0.970 bits per heavy atom. The Kier molecular flexibility index (Phi) is 6.51. The lowest BCUT2D eigenvalue weighted by Gasteiger charge is -2.14. The van der Waals surface area contributed by atoms with Gasteiger partial charge in [-0.1, -0.05) is 65.6 Å².